The number of benzene rings is 1. The molecular weight excluding hydrogens is 388 g/mol. The topological polar surface area (TPSA) is 64.2 Å². The number of hydrogen-bond acceptors (Lipinski definition) is 5. The van der Waals surface area contributed by atoms with Gasteiger partial charge in [0.05, 0.1) is 10.9 Å². The summed E-state index contributed by atoms with van der Waals surface area (Å²) in [5, 5.41) is 0. The molecule has 0 spiro atoms. The maximum absolute atomic E-state index is 13.0. The lowest BCUT2D eigenvalue weighted by Crippen LogP contribution is -2.57. The first kappa shape index (κ1) is 22.2. The van der Waals surface area contributed by atoms with E-state index in [0.29, 0.717) is 31.1 Å². The van der Waals surface area contributed by atoms with Crippen LogP contribution in [-0.4, -0.2) is 98.3 Å². The average molecular weight is 423 g/mol. The molecule has 2 fully saturated rings. The summed E-state index contributed by atoms with van der Waals surface area (Å²) in [6.45, 7) is 14.4. The molecule has 7 nitrogen and oxygen atoms in total. The van der Waals surface area contributed by atoms with Crippen LogP contribution in [0.1, 0.15) is 25.0 Å². The van der Waals surface area contributed by atoms with Crippen molar-refractivity contribution in [2.75, 3.05) is 58.9 Å². The van der Waals surface area contributed by atoms with Crippen LogP contribution in [0, 0.1) is 13.8 Å². The van der Waals surface area contributed by atoms with Crippen molar-refractivity contribution in [3.05, 3.63) is 29.3 Å². The van der Waals surface area contributed by atoms with Gasteiger partial charge in [0.1, 0.15) is 0 Å². The van der Waals surface area contributed by atoms with Crippen molar-refractivity contribution in [3.8, 4) is 0 Å². The summed E-state index contributed by atoms with van der Waals surface area (Å²) in [6, 6.07) is 5.08. The first-order valence-corrected chi connectivity index (χ1v) is 12.0. The van der Waals surface area contributed by atoms with E-state index in [4.69, 9.17) is 0 Å². The van der Waals surface area contributed by atoms with Crippen LogP contribution < -0.4 is 0 Å². The second kappa shape index (κ2) is 9.12. The number of carbonyl (C=O) groups is 1. The highest BCUT2D eigenvalue weighted by Gasteiger charge is 2.33. The van der Waals surface area contributed by atoms with Crippen molar-refractivity contribution in [2.24, 2.45) is 0 Å². The van der Waals surface area contributed by atoms with Gasteiger partial charge in [-0.3, -0.25) is 9.69 Å². The Morgan fingerprint density at radius 3 is 2.14 bits per heavy atom. The number of carbonyl (C=O) groups excluding carboxylic acids is 1. The van der Waals surface area contributed by atoms with Crippen molar-refractivity contribution in [2.45, 2.75) is 38.6 Å². The van der Waals surface area contributed by atoms with E-state index in [0.717, 1.165) is 43.9 Å². The number of rotatable bonds is 5. The van der Waals surface area contributed by atoms with Crippen LogP contribution in [-0.2, 0) is 14.8 Å². The zero-order chi connectivity index (χ0) is 21.2. The van der Waals surface area contributed by atoms with Gasteiger partial charge in [0.2, 0.25) is 15.9 Å². The van der Waals surface area contributed by atoms with E-state index in [1.165, 1.54) is 0 Å². The smallest absolute Gasteiger partial charge is 0.243 e. The minimum Gasteiger partial charge on any atom is -0.339 e. The Morgan fingerprint density at radius 2 is 1.59 bits per heavy atom. The average Bonchev–Trinajstić information content (AvgIpc) is 2.74. The molecular formula is C21H34N4O3S. The van der Waals surface area contributed by atoms with Gasteiger partial charge in [0.15, 0.2) is 0 Å². The molecule has 1 aromatic carbocycles. The van der Waals surface area contributed by atoms with Crippen LogP contribution in [0.3, 0.4) is 0 Å². The van der Waals surface area contributed by atoms with Crippen LogP contribution in [0.2, 0.25) is 0 Å². The Balaban J connectivity index is 1.58. The number of piperazine rings is 2. The fourth-order valence-electron chi connectivity index (χ4n) is 4.06. The van der Waals surface area contributed by atoms with E-state index in [1.807, 2.05) is 31.7 Å². The largest absolute Gasteiger partial charge is 0.339 e. The summed E-state index contributed by atoms with van der Waals surface area (Å²) in [5.41, 5.74) is 2.06. The van der Waals surface area contributed by atoms with Crippen molar-refractivity contribution in [1.29, 1.82) is 0 Å². The number of nitrogens with zero attached hydrogens (tertiary/aromatic N) is 4. The van der Waals surface area contributed by atoms with Gasteiger partial charge in [-0.15, -0.1) is 0 Å². The van der Waals surface area contributed by atoms with Gasteiger partial charge in [-0.05, 0) is 50.6 Å². The predicted molar refractivity (Wildman–Crippen MR) is 114 cm³/mol. The zero-order valence-corrected chi connectivity index (χ0v) is 18.9. The fraction of sp³-hybridized carbons (Fsp3) is 0.667. The number of sulfonamides is 1. The molecule has 1 unspecified atom stereocenters. The minimum atomic E-state index is -3.49. The monoisotopic (exact) mass is 422 g/mol. The van der Waals surface area contributed by atoms with Gasteiger partial charge in [0, 0.05) is 52.4 Å². The Hall–Kier alpha value is -1.48. The summed E-state index contributed by atoms with van der Waals surface area (Å²) in [6.07, 6.45) is 0. The maximum Gasteiger partial charge on any atom is 0.243 e. The van der Waals surface area contributed by atoms with Crippen LogP contribution >= 0.6 is 0 Å². The van der Waals surface area contributed by atoms with E-state index in [1.54, 1.807) is 16.4 Å². The highest BCUT2D eigenvalue weighted by molar-refractivity contribution is 7.89. The van der Waals surface area contributed by atoms with Crippen LogP contribution in [0.15, 0.2) is 23.1 Å². The highest BCUT2D eigenvalue weighted by Crippen LogP contribution is 2.21. The Morgan fingerprint density at radius 1 is 0.966 bits per heavy atom. The first-order valence-electron chi connectivity index (χ1n) is 10.6. The third-order valence-corrected chi connectivity index (χ3v) is 8.32. The van der Waals surface area contributed by atoms with E-state index in [-0.39, 0.29) is 11.9 Å². The number of hydrogen-bond donors (Lipinski definition) is 0. The normalized spacial score (nSPS) is 21.3. The minimum absolute atomic E-state index is 0.159. The molecule has 0 bridgehead atoms. The highest BCUT2D eigenvalue weighted by atomic mass is 32.2. The molecule has 1 amide bonds. The molecule has 3 rings (SSSR count). The van der Waals surface area contributed by atoms with Crippen molar-refractivity contribution in [1.82, 2.24) is 19.0 Å². The first-order chi connectivity index (χ1) is 13.7. The van der Waals surface area contributed by atoms with Gasteiger partial charge in [-0.2, -0.15) is 4.31 Å². The lowest BCUT2D eigenvalue weighted by molar-refractivity contribution is -0.138. The molecule has 0 N–H and O–H groups in total. The number of amides is 1. The molecule has 2 aliphatic rings. The second-order valence-electron chi connectivity index (χ2n) is 8.12. The molecule has 0 aliphatic carbocycles. The molecule has 1 atom stereocenters. The van der Waals surface area contributed by atoms with Crippen molar-refractivity contribution < 1.29 is 13.2 Å². The van der Waals surface area contributed by atoms with Gasteiger partial charge < -0.3 is 9.80 Å². The quantitative estimate of drug-likeness (QED) is 0.713. The third-order valence-electron chi connectivity index (χ3n) is 6.43. The summed E-state index contributed by atoms with van der Waals surface area (Å²) < 4.78 is 27.5. The lowest BCUT2D eigenvalue weighted by Gasteiger charge is -2.40. The fourth-order valence-corrected chi connectivity index (χ4v) is 5.57. The molecule has 0 saturated carbocycles. The zero-order valence-electron chi connectivity index (χ0n) is 18.1. The molecule has 8 heteroatoms. The summed E-state index contributed by atoms with van der Waals surface area (Å²) in [7, 11) is -3.49. The molecule has 1 aromatic rings. The van der Waals surface area contributed by atoms with Gasteiger partial charge >= 0.3 is 0 Å². The molecule has 0 aromatic heterocycles. The predicted octanol–water partition coefficient (Wildman–Crippen LogP) is 1.16. The molecule has 2 aliphatic heterocycles. The Bertz CT molecular complexity index is 826. The standard InChI is InChI=1S/C21H34N4O3S/c1-5-22-8-10-24(11-9-22)21(26)19(4)23-12-14-25(15-13-23)29(27,28)20-7-6-17(2)18(3)16-20/h6-7,16,19H,5,8-15H2,1-4H3. The van der Waals surface area contributed by atoms with E-state index in [2.05, 4.69) is 16.7 Å². The Kier molecular flexibility index (Phi) is 6.98. The van der Waals surface area contributed by atoms with Gasteiger partial charge in [-0.1, -0.05) is 13.0 Å². The van der Waals surface area contributed by atoms with Crippen molar-refractivity contribution >= 4 is 15.9 Å². The van der Waals surface area contributed by atoms with Crippen molar-refractivity contribution in [3.63, 3.8) is 0 Å². The molecule has 162 valence electrons. The third kappa shape index (κ3) is 4.82. The number of likely N-dealkylation sites (N-methyl/N-ethyl adjacent to an activating group) is 1. The molecule has 2 heterocycles. The molecule has 29 heavy (non-hydrogen) atoms. The van der Waals surface area contributed by atoms with Crippen LogP contribution in [0.4, 0.5) is 0 Å². The van der Waals surface area contributed by atoms with Crippen LogP contribution in [0.25, 0.3) is 0 Å². The lowest BCUT2D eigenvalue weighted by atomic mass is 10.1. The maximum atomic E-state index is 13.0. The van der Waals surface area contributed by atoms with E-state index < -0.39 is 10.0 Å². The molecule has 0 radical (unpaired) electrons. The number of aryl methyl sites for hydroxylation is 2. The summed E-state index contributed by atoms with van der Waals surface area (Å²) in [4.78, 5) is 19.7. The second-order valence-corrected chi connectivity index (χ2v) is 10.1. The summed E-state index contributed by atoms with van der Waals surface area (Å²) in [5.74, 6) is 0.159. The summed E-state index contributed by atoms with van der Waals surface area (Å²) >= 11 is 0. The van der Waals surface area contributed by atoms with E-state index in [9.17, 15) is 13.2 Å². The van der Waals surface area contributed by atoms with Crippen LogP contribution in [0.5, 0.6) is 0 Å². The van der Waals surface area contributed by atoms with E-state index >= 15 is 0 Å². The Labute approximate surface area is 175 Å². The van der Waals surface area contributed by atoms with Gasteiger partial charge in [-0.25, -0.2) is 8.42 Å². The molecule has 2 saturated heterocycles. The SMILES string of the molecule is CCN1CCN(C(=O)C(C)N2CCN(S(=O)(=O)c3ccc(C)c(C)c3)CC2)CC1. The van der Waals surface area contributed by atoms with Gasteiger partial charge in [0.25, 0.3) is 0 Å².